The molecule has 6 nitrogen and oxygen atoms in total. The zero-order valence-corrected chi connectivity index (χ0v) is 15.4. The monoisotopic (exact) mass is 350 g/mol. The van der Waals surface area contributed by atoms with E-state index in [0.29, 0.717) is 12.2 Å². The SMILES string of the molecule is CCN(CC)CCCNS(=O)(=O)c1cn(-c2ccccc2)nc1C. The van der Waals surface area contributed by atoms with Crippen LogP contribution in [-0.2, 0) is 10.0 Å². The van der Waals surface area contributed by atoms with Gasteiger partial charge in [-0.15, -0.1) is 0 Å². The molecule has 0 atom stereocenters. The average molecular weight is 350 g/mol. The Labute approximate surface area is 144 Å². The number of aryl methyl sites for hydroxylation is 1. The minimum atomic E-state index is -3.54. The first kappa shape index (κ1) is 18.6. The molecular weight excluding hydrogens is 324 g/mol. The van der Waals surface area contributed by atoms with Crippen LogP contribution in [0.5, 0.6) is 0 Å². The van der Waals surface area contributed by atoms with Crippen LogP contribution in [0.4, 0.5) is 0 Å². The number of para-hydroxylation sites is 1. The molecule has 1 aromatic carbocycles. The first-order valence-corrected chi connectivity index (χ1v) is 9.80. The first-order chi connectivity index (χ1) is 11.5. The van der Waals surface area contributed by atoms with Gasteiger partial charge in [0.25, 0.3) is 0 Å². The van der Waals surface area contributed by atoms with E-state index in [-0.39, 0.29) is 4.90 Å². The maximum atomic E-state index is 12.5. The second-order valence-electron chi connectivity index (χ2n) is 5.64. The van der Waals surface area contributed by atoms with Crippen molar-refractivity contribution in [3.63, 3.8) is 0 Å². The van der Waals surface area contributed by atoms with Gasteiger partial charge in [0, 0.05) is 6.54 Å². The fourth-order valence-corrected chi connectivity index (χ4v) is 3.78. The molecule has 0 bridgehead atoms. The van der Waals surface area contributed by atoms with Crippen LogP contribution in [0.2, 0.25) is 0 Å². The second kappa shape index (κ2) is 8.41. The van der Waals surface area contributed by atoms with E-state index in [2.05, 4.69) is 28.6 Å². The molecule has 0 aliphatic carbocycles. The Kier molecular flexibility index (Phi) is 6.53. The fraction of sp³-hybridized carbons (Fsp3) is 0.471. The first-order valence-electron chi connectivity index (χ1n) is 8.31. The van der Waals surface area contributed by atoms with Gasteiger partial charge in [-0.25, -0.2) is 17.8 Å². The highest BCUT2D eigenvalue weighted by Gasteiger charge is 2.20. The molecule has 0 radical (unpaired) electrons. The van der Waals surface area contributed by atoms with Crippen molar-refractivity contribution in [2.24, 2.45) is 0 Å². The lowest BCUT2D eigenvalue weighted by atomic mass is 10.3. The van der Waals surface area contributed by atoms with Crippen molar-refractivity contribution in [2.75, 3.05) is 26.2 Å². The molecule has 2 aromatic rings. The molecule has 0 fully saturated rings. The third kappa shape index (κ3) is 4.66. The van der Waals surface area contributed by atoms with E-state index in [1.54, 1.807) is 17.8 Å². The Morgan fingerprint density at radius 2 is 1.83 bits per heavy atom. The van der Waals surface area contributed by atoms with Crippen LogP contribution in [-0.4, -0.2) is 49.3 Å². The Morgan fingerprint density at radius 3 is 2.46 bits per heavy atom. The number of sulfonamides is 1. The van der Waals surface area contributed by atoms with Crippen LogP contribution >= 0.6 is 0 Å². The van der Waals surface area contributed by atoms with E-state index in [0.717, 1.165) is 31.7 Å². The Balaban J connectivity index is 2.03. The van der Waals surface area contributed by atoms with Gasteiger partial charge >= 0.3 is 0 Å². The van der Waals surface area contributed by atoms with Gasteiger partial charge in [0.05, 0.1) is 17.6 Å². The largest absolute Gasteiger partial charge is 0.304 e. The van der Waals surface area contributed by atoms with E-state index in [1.165, 1.54) is 0 Å². The molecule has 7 heteroatoms. The minimum Gasteiger partial charge on any atom is -0.304 e. The summed E-state index contributed by atoms with van der Waals surface area (Å²) in [5, 5.41) is 4.32. The Morgan fingerprint density at radius 1 is 1.17 bits per heavy atom. The van der Waals surface area contributed by atoms with Crippen LogP contribution in [0.1, 0.15) is 26.0 Å². The van der Waals surface area contributed by atoms with Gasteiger partial charge in [-0.2, -0.15) is 5.10 Å². The molecular formula is C17H26N4O2S. The van der Waals surface area contributed by atoms with Crippen molar-refractivity contribution in [1.82, 2.24) is 19.4 Å². The van der Waals surface area contributed by atoms with Gasteiger partial charge in [-0.05, 0) is 45.1 Å². The summed E-state index contributed by atoms with van der Waals surface area (Å²) < 4.78 is 29.3. The number of nitrogens with one attached hydrogen (secondary N) is 1. The summed E-state index contributed by atoms with van der Waals surface area (Å²) in [5.74, 6) is 0. The van der Waals surface area contributed by atoms with Gasteiger partial charge in [-0.3, -0.25) is 0 Å². The van der Waals surface area contributed by atoms with Crippen molar-refractivity contribution in [3.05, 3.63) is 42.2 Å². The topological polar surface area (TPSA) is 67.2 Å². The molecule has 0 saturated carbocycles. The summed E-state index contributed by atoms with van der Waals surface area (Å²) in [6.45, 7) is 9.19. The van der Waals surface area contributed by atoms with Crippen LogP contribution < -0.4 is 4.72 Å². The number of nitrogens with zero attached hydrogens (tertiary/aromatic N) is 3. The van der Waals surface area contributed by atoms with Crippen molar-refractivity contribution < 1.29 is 8.42 Å². The van der Waals surface area contributed by atoms with Gasteiger partial charge in [0.1, 0.15) is 4.90 Å². The third-order valence-electron chi connectivity index (χ3n) is 4.00. The lowest BCUT2D eigenvalue weighted by Crippen LogP contribution is -2.30. The van der Waals surface area contributed by atoms with Crippen LogP contribution in [0.25, 0.3) is 5.69 Å². The van der Waals surface area contributed by atoms with Crippen LogP contribution in [0, 0.1) is 6.92 Å². The molecule has 1 aromatic heterocycles. The number of hydrogen-bond donors (Lipinski definition) is 1. The summed E-state index contributed by atoms with van der Waals surface area (Å²) in [4.78, 5) is 2.50. The molecule has 0 saturated heterocycles. The van der Waals surface area contributed by atoms with Crippen molar-refractivity contribution in [3.8, 4) is 5.69 Å². The molecule has 0 aliphatic heterocycles. The van der Waals surface area contributed by atoms with Crippen LogP contribution in [0.15, 0.2) is 41.4 Å². The fourth-order valence-electron chi connectivity index (χ4n) is 2.55. The molecule has 0 spiro atoms. The van der Waals surface area contributed by atoms with Crippen molar-refractivity contribution >= 4 is 10.0 Å². The highest BCUT2D eigenvalue weighted by molar-refractivity contribution is 7.89. The number of benzene rings is 1. The number of aromatic nitrogens is 2. The summed E-state index contributed by atoms with van der Waals surface area (Å²) >= 11 is 0. The van der Waals surface area contributed by atoms with E-state index in [9.17, 15) is 8.42 Å². The maximum Gasteiger partial charge on any atom is 0.243 e. The normalized spacial score (nSPS) is 12.0. The summed E-state index contributed by atoms with van der Waals surface area (Å²) in [5.41, 5.74) is 1.33. The predicted octanol–water partition coefficient (Wildman–Crippen LogP) is 2.19. The summed E-state index contributed by atoms with van der Waals surface area (Å²) in [6, 6.07) is 9.48. The molecule has 0 aliphatic rings. The zero-order chi connectivity index (χ0) is 17.6. The highest BCUT2D eigenvalue weighted by atomic mass is 32.2. The maximum absolute atomic E-state index is 12.5. The zero-order valence-electron chi connectivity index (χ0n) is 14.6. The summed E-state index contributed by atoms with van der Waals surface area (Å²) in [7, 11) is -3.54. The molecule has 132 valence electrons. The molecule has 1 heterocycles. The number of rotatable bonds is 9. The lowest BCUT2D eigenvalue weighted by molar-refractivity contribution is 0.300. The standard InChI is InChI=1S/C17H26N4O2S/c1-4-20(5-2)13-9-12-18-24(22,23)17-14-21(19-15(17)3)16-10-7-6-8-11-16/h6-8,10-11,14,18H,4-5,9,12-13H2,1-3H3. The molecule has 1 N–H and O–H groups in total. The van der Waals surface area contributed by atoms with Crippen LogP contribution in [0.3, 0.4) is 0 Å². The molecule has 2 rings (SSSR count). The average Bonchev–Trinajstić information content (AvgIpc) is 2.99. The lowest BCUT2D eigenvalue weighted by Gasteiger charge is -2.17. The van der Waals surface area contributed by atoms with E-state index in [1.807, 2.05) is 30.3 Å². The third-order valence-corrected chi connectivity index (χ3v) is 5.57. The Hall–Kier alpha value is -1.70. The van der Waals surface area contributed by atoms with Gasteiger partial charge < -0.3 is 4.90 Å². The molecule has 0 amide bonds. The Bertz CT molecular complexity index is 737. The smallest absolute Gasteiger partial charge is 0.243 e. The van der Waals surface area contributed by atoms with Gasteiger partial charge in [-0.1, -0.05) is 32.0 Å². The van der Waals surface area contributed by atoms with E-state index >= 15 is 0 Å². The number of hydrogen-bond acceptors (Lipinski definition) is 4. The predicted molar refractivity (Wildman–Crippen MR) is 95.9 cm³/mol. The van der Waals surface area contributed by atoms with E-state index in [4.69, 9.17) is 0 Å². The molecule has 0 unspecified atom stereocenters. The highest BCUT2D eigenvalue weighted by Crippen LogP contribution is 2.16. The second-order valence-corrected chi connectivity index (χ2v) is 7.37. The van der Waals surface area contributed by atoms with Gasteiger partial charge in [0.2, 0.25) is 10.0 Å². The van der Waals surface area contributed by atoms with E-state index < -0.39 is 10.0 Å². The van der Waals surface area contributed by atoms with Crippen molar-refractivity contribution in [2.45, 2.75) is 32.1 Å². The summed E-state index contributed by atoms with van der Waals surface area (Å²) in [6.07, 6.45) is 2.35. The van der Waals surface area contributed by atoms with Gasteiger partial charge in [0.15, 0.2) is 0 Å². The molecule has 24 heavy (non-hydrogen) atoms. The van der Waals surface area contributed by atoms with Crippen molar-refractivity contribution in [1.29, 1.82) is 0 Å². The quantitative estimate of drug-likeness (QED) is 0.704. The minimum absolute atomic E-state index is 0.231.